The van der Waals surface area contributed by atoms with Crippen molar-refractivity contribution in [3.8, 4) is 22.3 Å². The normalized spacial score (nSPS) is 13.6. The lowest BCUT2D eigenvalue weighted by Gasteiger charge is -2.41. The van der Waals surface area contributed by atoms with Crippen molar-refractivity contribution >= 4 is 57.6 Å². The molecule has 10 heteroatoms. The Bertz CT molecular complexity index is 2380. The average molecular weight is 803 g/mol. The molecule has 2 aliphatic rings. The number of nitrogens with zero attached hydrogens (tertiary/aromatic N) is 2. The first-order chi connectivity index (χ1) is 27.4. The number of para-hydroxylation sites is 4. The Labute approximate surface area is 334 Å². The van der Waals surface area contributed by atoms with Crippen molar-refractivity contribution in [1.82, 2.24) is 0 Å². The highest BCUT2D eigenvalue weighted by Gasteiger charge is 2.37. The fourth-order valence-electron chi connectivity index (χ4n) is 7.72. The van der Waals surface area contributed by atoms with E-state index in [0.717, 1.165) is 83.5 Å². The Morgan fingerprint density at radius 2 is 0.719 bits per heavy atom. The van der Waals surface area contributed by atoms with Crippen molar-refractivity contribution < 1.29 is 26.3 Å². The Kier molecular flexibility index (Phi) is 9.16. The van der Waals surface area contributed by atoms with E-state index in [9.17, 15) is 26.3 Å². The van der Waals surface area contributed by atoms with Crippen molar-refractivity contribution in [3.05, 3.63) is 168 Å². The summed E-state index contributed by atoms with van der Waals surface area (Å²) < 4.78 is 84.0. The van der Waals surface area contributed by atoms with Crippen molar-refractivity contribution in [2.75, 3.05) is 9.80 Å². The summed E-state index contributed by atoms with van der Waals surface area (Å²) in [6.45, 7) is 4.17. The molecular formula is C47H32F6N2S2. The van der Waals surface area contributed by atoms with Gasteiger partial charge in [0.2, 0.25) is 0 Å². The molecule has 284 valence electrons. The van der Waals surface area contributed by atoms with Gasteiger partial charge in [0.05, 0.1) is 45.3 Å². The van der Waals surface area contributed by atoms with Gasteiger partial charge in [0.25, 0.3) is 0 Å². The lowest BCUT2D eigenvalue weighted by atomic mass is 9.85. The van der Waals surface area contributed by atoms with E-state index in [1.165, 1.54) is 24.3 Å². The Morgan fingerprint density at radius 3 is 1.00 bits per heavy atom. The van der Waals surface area contributed by atoms with Crippen LogP contribution >= 0.6 is 23.5 Å². The summed E-state index contributed by atoms with van der Waals surface area (Å²) in [6.07, 6.45) is -9.09. The van der Waals surface area contributed by atoms with E-state index in [0.29, 0.717) is 22.3 Å². The molecule has 0 atom stereocenters. The summed E-state index contributed by atoms with van der Waals surface area (Å²) in [5.74, 6) is -0.208. The molecule has 0 spiro atoms. The molecule has 9 rings (SSSR count). The fraction of sp³-hybridized carbons (Fsp3) is 0.106. The standard InChI is InChI=1S/C47H32F6N2S2/c1-28(2)43-44(54-35-11-3-7-15-39(35)56-40-16-8-4-12-36(40)54)33(29-19-23-31(24-20-29)46(48,49)50)27-34(30-21-25-32(26-22-30)47(51,52)53)45(43)55-37-13-5-9-17-41(37)57-42-18-10-6-14-38(42)55/h3-28H,1-2H3. The van der Waals surface area contributed by atoms with Gasteiger partial charge in [-0.1, -0.05) is 110 Å². The molecule has 0 saturated heterocycles. The molecule has 0 amide bonds. The minimum absolute atomic E-state index is 0.208. The van der Waals surface area contributed by atoms with E-state index >= 15 is 0 Å². The third-order valence-corrected chi connectivity index (χ3v) is 12.5. The van der Waals surface area contributed by atoms with Gasteiger partial charge in [-0.05, 0) is 95.9 Å². The predicted molar refractivity (Wildman–Crippen MR) is 219 cm³/mol. The van der Waals surface area contributed by atoms with Gasteiger partial charge in [-0.3, -0.25) is 0 Å². The van der Waals surface area contributed by atoms with Crippen LogP contribution in [-0.2, 0) is 12.4 Å². The van der Waals surface area contributed by atoms with E-state index in [1.54, 1.807) is 23.5 Å². The van der Waals surface area contributed by atoms with Crippen molar-refractivity contribution in [3.63, 3.8) is 0 Å². The van der Waals surface area contributed by atoms with Crippen LogP contribution in [0.25, 0.3) is 22.3 Å². The van der Waals surface area contributed by atoms with Gasteiger partial charge in [0.1, 0.15) is 0 Å². The first-order valence-corrected chi connectivity index (χ1v) is 19.9. The van der Waals surface area contributed by atoms with E-state index < -0.39 is 23.5 Å². The second-order valence-electron chi connectivity index (χ2n) is 14.1. The number of rotatable bonds is 5. The van der Waals surface area contributed by atoms with Crippen LogP contribution < -0.4 is 9.80 Å². The van der Waals surface area contributed by atoms with E-state index in [2.05, 4.69) is 47.9 Å². The van der Waals surface area contributed by atoms with E-state index in [-0.39, 0.29) is 5.92 Å². The summed E-state index contributed by atoms with van der Waals surface area (Å²) in [4.78, 5) is 8.43. The summed E-state index contributed by atoms with van der Waals surface area (Å²) in [7, 11) is 0. The first-order valence-electron chi connectivity index (χ1n) is 18.3. The summed E-state index contributed by atoms with van der Waals surface area (Å²) in [6, 6.07) is 44.5. The largest absolute Gasteiger partial charge is 0.416 e. The summed E-state index contributed by atoms with van der Waals surface area (Å²) >= 11 is 3.29. The molecule has 2 nitrogen and oxygen atoms in total. The van der Waals surface area contributed by atoms with Crippen LogP contribution in [0.5, 0.6) is 0 Å². The highest BCUT2D eigenvalue weighted by atomic mass is 32.2. The average Bonchev–Trinajstić information content (AvgIpc) is 3.20. The molecule has 0 saturated carbocycles. The maximum Gasteiger partial charge on any atom is 0.416 e. The monoisotopic (exact) mass is 802 g/mol. The van der Waals surface area contributed by atoms with Crippen molar-refractivity contribution in [2.24, 2.45) is 0 Å². The number of halogens is 6. The fourth-order valence-corrected chi connectivity index (χ4v) is 9.84. The number of benzene rings is 7. The predicted octanol–water partition coefficient (Wildman–Crippen LogP) is 16.1. The van der Waals surface area contributed by atoms with E-state index in [1.807, 2.05) is 78.9 Å². The van der Waals surface area contributed by atoms with Crippen LogP contribution in [0.4, 0.5) is 60.5 Å². The zero-order valence-corrected chi connectivity index (χ0v) is 32.1. The third kappa shape index (κ3) is 6.54. The number of hydrogen-bond donors (Lipinski definition) is 0. The maximum atomic E-state index is 14.0. The molecule has 0 aromatic heterocycles. The molecule has 2 aliphatic heterocycles. The van der Waals surface area contributed by atoms with Gasteiger partial charge in [-0.25, -0.2) is 0 Å². The minimum atomic E-state index is -4.55. The quantitative estimate of drug-likeness (QED) is 0.160. The number of anilines is 6. The molecule has 0 N–H and O–H groups in total. The zero-order chi connectivity index (χ0) is 39.6. The highest BCUT2D eigenvalue weighted by Crippen LogP contribution is 2.61. The topological polar surface area (TPSA) is 6.48 Å². The van der Waals surface area contributed by atoms with E-state index in [4.69, 9.17) is 0 Å². The lowest BCUT2D eigenvalue weighted by Crippen LogP contribution is -2.22. The van der Waals surface area contributed by atoms with Crippen LogP contribution in [0.1, 0.15) is 36.5 Å². The Hall–Kier alpha value is -5.58. The lowest BCUT2D eigenvalue weighted by molar-refractivity contribution is -0.138. The smallest absolute Gasteiger partial charge is 0.307 e. The molecule has 57 heavy (non-hydrogen) atoms. The molecule has 0 fully saturated rings. The van der Waals surface area contributed by atoms with Gasteiger partial charge < -0.3 is 9.80 Å². The van der Waals surface area contributed by atoms with Gasteiger partial charge in [-0.2, -0.15) is 26.3 Å². The molecule has 7 aromatic rings. The zero-order valence-electron chi connectivity index (χ0n) is 30.5. The number of hydrogen-bond acceptors (Lipinski definition) is 4. The maximum absolute atomic E-state index is 14.0. The van der Waals surface area contributed by atoms with Crippen LogP contribution in [0.2, 0.25) is 0 Å². The van der Waals surface area contributed by atoms with Crippen LogP contribution in [0.3, 0.4) is 0 Å². The molecule has 2 heterocycles. The molecule has 0 aliphatic carbocycles. The molecular weight excluding hydrogens is 771 g/mol. The molecule has 7 aromatic carbocycles. The van der Waals surface area contributed by atoms with Crippen LogP contribution in [0, 0.1) is 0 Å². The van der Waals surface area contributed by atoms with Gasteiger partial charge in [-0.15, -0.1) is 0 Å². The SMILES string of the molecule is CC(C)c1c(N2c3ccccc3Sc3ccccc32)c(-c2ccc(C(F)(F)F)cc2)cc(-c2ccc(C(F)(F)F)cc2)c1N1c2ccccc2Sc2ccccc21. The van der Waals surface area contributed by atoms with Gasteiger partial charge in [0.15, 0.2) is 0 Å². The van der Waals surface area contributed by atoms with Crippen molar-refractivity contribution in [2.45, 2.75) is 51.7 Å². The van der Waals surface area contributed by atoms with Crippen molar-refractivity contribution in [1.29, 1.82) is 0 Å². The van der Waals surface area contributed by atoms with Gasteiger partial charge in [0, 0.05) is 36.3 Å². The van der Waals surface area contributed by atoms with Crippen LogP contribution in [-0.4, -0.2) is 0 Å². The third-order valence-electron chi connectivity index (χ3n) is 10.2. The van der Waals surface area contributed by atoms with Crippen LogP contribution in [0.15, 0.2) is 171 Å². The summed E-state index contributed by atoms with van der Waals surface area (Å²) in [5.41, 5.74) is 6.79. The second kappa shape index (κ2) is 14.1. The molecule has 0 unspecified atom stereocenters. The number of fused-ring (bicyclic) bond motifs is 4. The minimum Gasteiger partial charge on any atom is -0.307 e. The molecule has 0 radical (unpaired) electrons. The Balaban J connectivity index is 1.46. The highest BCUT2D eigenvalue weighted by molar-refractivity contribution is 8.00. The first kappa shape index (κ1) is 37.0. The second-order valence-corrected chi connectivity index (χ2v) is 16.3. The van der Waals surface area contributed by atoms with Gasteiger partial charge >= 0.3 is 12.4 Å². The number of alkyl halides is 6. The summed E-state index contributed by atoms with van der Waals surface area (Å²) in [5, 5.41) is 0. The Morgan fingerprint density at radius 1 is 0.421 bits per heavy atom. The molecule has 0 bridgehead atoms.